The van der Waals surface area contributed by atoms with Crippen molar-refractivity contribution in [3.63, 3.8) is 0 Å². The fourth-order valence-electron chi connectivity index (χ4n) is 11.4. The largest absolute Gasteiger partial charge is 0.309 e. The number of para-hydroxylation sites is 3. The SMILES string of the molecule is c1ccc(-c2ccc(-c3nc(-c4ccc(-c5ccccc5)cc4)nc(-n4c5ccccc5c5ccc6c7cc(-n8c9ccccc9c9ccccc98)ccc7n(-c7cccc(-c8ccccc8)c7)c6c54)n3)cc2)cc1. The molecule has 0 unspecified atom stereocenters. The molecule has 11 aromatic carbocycles. The lowest BCUT2D eigenvalue weighted by molar-refractivity contribution is 0.953. The summed E-state index contributed by atoms with van der Waals surface area (Å²) in [6, 6.07) is 95.3. The highest BCUT2D eigenvalue weighted by molar-refractivity contribution is 6.24. The molecule has 0 aliphatic heterocycles. The van der Waals surface area contributed by atoms with Crippen LogP contribution in [0.1, 0.15) is 0 Å². The molecule has 0 bridgehead atoms. The van der Waals surface area contributed by atoms with Crippen LogP contribution in [0.4, 0.5) is 0 Å². The van der Waals surface area contributed by atoms with E-state index in [2.05, 4.69) is 268 Å². The van der Waals surface area contributed by atoms with Crippen molar-refractivity contribution in [2.24, 2.45) is 0 Å². The summed E-state index contributed by atoms with van der Waals surface area (Å²) in [6.45, 7) is 0. The van der Waals surface area contributed by atoms with E-state index in [1.54, 1.807) is 0 Å². The lowest BCUT2D eigenvalue weighted by atomic mass is 10.0. The fourth-order valence-corrected chi connectivity index (χ4v) is 11.4. The maximum absolute atomic E-state index is 5.49. The number of rotatable bonds is 8. The van der Waals surface area contributed by atoms with Gasteiger partial charge in [0.15, 0.2) is 11.6 Å². The Kier molecular flexibility index (Phi) is 9.78. The van der Waals surface area contributed by atoms with Crippen molar-refractivity contribution in [2.45, 2.75) is 0 Å². The van der Waals surface area contributed by atoms with Crippen molar-refractivity contribution >= 4 is 65.4 Å². The molecule has 15 rings (SSSR count). The monoisotopic (exact) mass is 956 g/mol. The molecule has 0 aliphatic carbocycles. The number of fused-ring (bicyclic) bond motifs is 10. The maximum Gasteiger partial charge on any atom is 0.238 e. The van der Waals surface area contributed by atoms with Crippen LogP contribution < -0.4 is 0 Å². The first-order chi connectivity index (χ1) is 37.2. The van der Waals surface area contributed by atoms with Crippen molar-refractivity contribution in [1.29, 1.82) is 0 Å². The molecule has 0 radical (unpaired) electrons. The number of hydrogen-bond donors (Lipinski definition) is 0. The topological polar surface area (TPSA) is 53.5 Å². The van der Waals surface area contributed by atoms with E-state index in [0.29, 0.717) is 17.6 Å². The summed E-state index contributed by atoms with van der Waals surface area (Å²) in [5, 5.41) is 6.94. The standard InChI is InChI=1S/C69H44N6/c1-4-17-45(18-5-1)48-31-35-50(36-32-48)67-70-68(51-37-33-49(34-38-51)46-19-6-2-7-20-46)72-69(71-67)75-63-30-15-12-27-57(63)58-40-41-59-60-44-54(73-61-28-13-10-25-55(61)56-26-11-14-29-62(56)73)39-42-64(60)74(65(59)66(58)75)53-24-16-23-52(43-53)47-21-8-3-9-22-47/h1-44H. The van der Waals surface area contributed by atoms with E-state index in [0.717, 1.165) is 99.5 Å². The van der Waals surface area contributed by atoms with Crippen LogP contribution in [0.5, 0.6) is 0 Å². The van der Waals surface area contributed by atoms with Gasteiger partial charge in [-0.05, 0) is 81.9 Å². The van der Waals surface area contributed by atoms with Crippen LogP contribution in [-0.4, -0.2) is 28.7 Å². The summed E-state index contributed by atoms with van der Waals surface area (Å²) < 4.78 is 7.15. The fraction of sp³-hybridized carbons (Fsp3) is 0. The van der Waals surface area contributed by atoms with Gasteiger partial charge in [-0.25, -0.2) is 4.98 Å². The lowest BCUT2D eigenvalue weighted by Crippen LogP contribution is -2.07. The highest BCUT2D eigenvalue weighted by Gasteiger charge is 2.25. The van der Waals surface area contributed by atoms with Crippen LogP contribution in [0.15, 0.2) is 267 Å². The molecule has 4 heterocycles. The third kappa shape index (κ3) is 6.99. The molecule has 0 aliphatic rings. The molecule has 0 amide bonds. The molecule has 350 valence electrons. The van der Waals surface area contributed by atoms with Gasteiger partial charge in [-0.3, -0.25) is 4.57 Å². The summed E-state index contributed by atoms with van der Waals surface area (Å²) in [4.78, 5) is 16.3. The number of aromatic nitrogens is 6. The average Bonchev–Trinajstić information content (AvgIpc) is 4.25. The molecular formula is C69H44N6. The van der Waals surface area contributed by atoms with Crippen LogP contribution in [0, 0.1) is 0 Å². The predicted molar refractivity (Wildman–Crippen MR) is 310 cm³/mol. The molecule has 0 fully saturated rings. The first-order valence-electron chi connectivity index (χ1n) is 25.4. The summed E-state index contributed by atoms with van der Waals surface area (Å²) in [5.41, 5.74) is 17.3. The van der Waals surface area contributed by atoms with Gasteiger partial charge in [0, 0.05) is 54.8 Å². The number of nitrogens with zero attached hydrogens (tertiary/aromatic N) is 6. The van der Waals surface area contributed by atoms with E-state index >= 15 is 0 Å². The summed E-state index contributed by atoms with van der Waals surface area (Å²) in [5.74, 6) is 1.72. The average molecular weight is 957 g/mol. The van der Waals surface area contributed by atoms with Crippen LogP contribution in [0.2, 0.25) is 0 Å². The van der Waals surface area contributed by atoms with E-state index in [4.69, 9.17) is 15.0 Å². The highest BCUT2D eigenvalue weighted by atomic mass is 15.2. The lowest BCUT2D eigenvalue weighted by Gasteiger charge is -2.14. The van der Waals surface area contributed by atoms with E-state index in [-0.39, 0.29) is 0 Å². The highest BCUT2D eigenvalue weighted by Crippen LogP contribution is 2.44. The third-order valence-corrected chi connectivity index (χ3v) is 14.9. The van der Waals surface area contributed by atoms with Crippen molar-refractivity contribution in [2.75, 3.05) is 0 Å². The van der Waals surface area contributed by atoms with Crippen LogP contribution in [0.3, 0.4) is 0 Å². The minimum absolute atomic E-state index is 0.536. The van der Waals surface area contributed by atoms with Gasteiger partial charge in [-0.15, -0.1) is 0 Å². The first-order valence-corrected chi connectivity index (χ1v) is 25.4. The maximum atomic E-state index is 5.49. The van der Waals surface area contributed by atoms with Crippen LogP contribution in [0.25, 0.3) is 139 Å². The molecule has 0 saturated heterocycles. The second kappa shape index (κ2) is 17.3. The molecule has 4 aromatic heterocycles. The van der Waals surface area contributed by atoms with Gasteiger partial charge in [0.25, 0.3) is 0 Å². The predicted octanol–water partition coefficient (Wildman–Crippen LogP) is 17.5. The molecule has 15 aromatic rings. The second-order valence-corrected chi connectivity index (χ2v) is 19.2. The quantitative estimate of drug-likeness (QED) is 0.152. The van der Waals surface area contributed by atoms with E-state index in [1.807, 2.05) is 12.1 Å². The normalized spacial score (nSPS) is 11.7. The zero-order valence-electron chi connectivity index (χ0n) is 40.6. The van der Waals surface area contributed by atoms with Crippen molar-refractivity contribution in [1.82, 2.24) is 28.7 Å². The molecule has 0 atom stereocenters. The van der Waals surface area contributed by atoms with E-state index < -0.39 is 0 Å². The zero-order valence-corrected chi connectivity index (χ0v) is 40.6. The summed E-state index contributed by atoms with van der Waals surface area (Å²) in [7, 11) is 0. The van der Waals surface area contributed by atoms with Gasteiger partial charge >= 0.3 is 0 Å². The van der Waals surface area contributed by atoms with E-state index in [9.17, 15) is 0 Å². The molecule has 0 saturated carbocycles. The van der Waals surface area contributed by atoms with Gasteiger partial charge in [0.05, 0.1) is 33.1 Å². The minimum Gasteiger partial charge on any atom is -0.309 e. The van der Waals surface area contributed by atoms with Gasteiger partial charge in [-0.1, -0.05) is 218 Å². The third-order valence-electron chi connectivity index (χ3n) is 14.9. The molecule has 6 heteroatoms. The van der Waals surface area contributed by atoms with Crippen LogP contribution in [-0.2, 0) is 0 Å². The molecule has 75 heavy (non-hydrogen) atoms. The number of hydrogen-bond acceptors (Lipinski definition) is 3. The number of benzene rings is 11. The Morgan fingerprint density at radius 1 is 0.213 bits per heavy atom. The molecule has 0 spiro atoms. The van der Waals surface area contributed by atoms with Gasteiger partial charge in [0.2, 0.25) is 5.95 Å². The Morgan fingerprint density at radius 3 is 1.15 bits per heavy atom. The van der Waals surface area contributed by atoms with E-state index in [1.165, 1.54) is 21.8 Å². The first kappa shape index (κ1) is 42.5. The van der Waals surface area contributed by atoms with Gasteiger partial charge < -0.3 is 9.13 Å². The Balaban J connectivity index is 1.02. The Hall–Kier alpha value is -10.2. The van der Waals surface area contributed by atoms with Crippen molar-refractivity contribution < 1.29 is 0 Å². The smallest absolute Gasteiger partial charge is 0.238 e. The van der Waals surface area contributed by atoms with Gasteiger partial charge in [0.1, 0.15) is 0 Å². The summed E-state index contributed by atoms with van der Waals surface area (Å²) >= 11 is 0. The van der Waals surface area contributed by atoms with Gasteiger partial charge in [-0.2, -0.15) is 9.97 Å². The molecule has 6 nitrogen and oxygen atoms in total. The van der Waals surface area contributed by atoms with Crippen molar-refractivity contribution in [3.8, 4) is 73.5 Å². The second-order valence-electron chi connectivity index (χ2n) is 19.2. The Morgan fingerprint density at radius 2 is 0.600 bits per heavy atom. The minimum atomic E-state index is 0.536. The zero-order chi connectivity index (χ0) is 49.4. The molecule has 0 N–H and O–H groups in total. The van der Waals surface area contributed by atoms with Crippen molar-refractivity contribution in [3.05, 3.63) is 267 Å². The summed E-state index contributed by atoms with van der Waals surface area (Å²) in [6.07, 6.45) is 0. The Labute approximate surface area is 432 Å². The Bertz CT molecular complexity index is 4510. The molecular weight excluding hydrogens is 913 g/mol. The van der Waals surface area contributed by atoms with Crippen LogP contribution >= 0.6 is 0 Å².